The smallest absolute Gasteiger partial charge is 0.258 e. The topological polar surface area (TPSA) is 38.1 Å². The van der Waals surface area contributed by atoms with Crippen molar-refractivity contribution in [2.24, 2.45) is 0 Å². The summed E-state index contributed by atoms with van der Waals surface area (Å²) in [6.07, 6.45) is 2.04. The summed E-state index contributed by atoms with van der Waals surface area (Å²) in [5.74, 6) is -0.0592. The van der Waals surface area contributed by atoms with Crippen LogP contribution >= 0.6 is 11.6 Å². The minimum atomic E-state index is -0.0592. The number of aryl methyl sites for hydroxylation is 2. The summed E-state index contributed by atoms with van der Waals surface area (Å²) in [4.78, 5) is 14.3. The second-order valence-corrected chi connectivity index (χ2v) is 6.33. The summed E-state index contributed by atoms with van der Waals surface area (Å²) in [5, 5.41) is 4.86. The number of hydrogen-bond acceptors (Lipinski definition) is 2. The summed E-state index contributed by atoms with van der Waals surface area (Å²) in [6.45, 7) is 7.28. The number of hydrogen-bond donors (Lipinski definition) is 0. The standard InChI is InChI=1S/C18H24ClN3O/c1-5-6-11-21(4)18(23)16-14(3)20-22(17(16)19)12-15-9-7-13(2)8-10-15/h7-10H,5-6,11-12H2,1-4H3. The third-order valence-corrected chi connectivity index (χ3v) is 4.31. The Balaban J connectivity index is 2.21. The number of nitrogens with zero attached hydrogens (tertiary/aromatic N) is 3. The molecular weight excluding hydrogens is 310 g/mol. The zero-order chi connectivity index (χ0) is 17.0. The Kier molecular flexibility index (Phi) is 5.83. The lowest BCUT2D eigenvalue weighted by Crippen LogP contribution is -2.28. The first kappa shape index (κ1) is 17.5. The average Bonchev–Trinajstić information content (AvgIpc) is 2.80. The van der Waals surface area contributed by atoms with Gasteiger partial charge in [0.05, 0.1) is 17.8 Å². The highest BCUT2D eigenvalue weighted by atomic mass is 35.5. The van der Waals surface area contributed by atoms with Crippen molar-refractivity contribution in [3.63, 3.8) is 0 Å². The van der Waals surface area contributed by atoms with E-state index in [0.717, 1.165) is 24.9 Å². The summed E-state index contributed by atoms with van der Waals surface area (Å²) in [7, 11) is 1.81. The number of carbonyl (C=O) groups is 1. The van der Waals surface area contributed by atoms with E-state index >= 15 is 0 Å². The molecule has 0 spiro atoms. The van der Waals surface area contributed by atoms with Crippen molar-refractivity contribution in [2.45, 2.75) is 40.2 Å². The van der Waals surface area contributed by atoms with Gasteiger partial charge in [0.25, 0.3) is 5.91 Å². The summed E-state index contributed by atoms with van der Waals surface area (Å²) in [6, 6.07) is 8.23. The molecule has 2 aromatic rings. The van der Waals surface area contributed by atoms with Crippen LogP contribution in [0.3, 0.4) is 0 Å². The van der Waals surface area contributed by atoms with Gasteiger partial charge in [-0.2, -0.15) is 5.10 Å². The van der Waals surface area contributed by atoms with Crippen molar-refractivity contribution in [2.75, 3.05) is 13.6 Å². The Morgan fingerprint density at radius 3 is 2.52 bits per heavy atom. The lowest BCUT2D eigenvalue weighted by molar-refractivity contribution is 0.0792. The zero-order valence-corrected chi connectivity index (χ0v) is 15.0. The third kappa shape index (κ3) is 4.14. The molecule has 0 radical (unpaired) electrons. The van der Waals surface area contributed by atoms with E-state index in [9.17, 15) is 4.79 Å². The molecule has 0 aliphatic heterocycles. The van der Waals surface area contributed by atoms with Crippen LogP contribution in [0.2, 0.25) is 5.15 Å². The molecule has 23 heavy (non-hydrogen) atoms. The largest absolute Gasteiger partial charge is 0.342 e. The van der Waals surface area contributed by atoms with Gasteiger partial charge in [0, 0.05) is 13.6 Å². The predicted octanol–water partition coefficient (Wildman–Crippen LogP) is 4.07. The summed E-state index contributed by atoms with van der Waals surface area (Å²) < 4.78 is 1.70. The lowest BCUT2D eigenvalue weighted by atomic mass is 10.1. The Morgan fingerprint density at radius 1 is 1.26 bits per heavy atom. The van der Waals surface area contributed by atoms with Crippen molar-refractivity contribution >= 4 is 17.5 Å². The van der Waals surface area contributed by atoms with Crippen molar-refractivity contribution < 1.29 is 4.79 Å². The van der Waals surface area contributed by atoms with Gasteiger partial charge in [-0.25, -0.2) is 4.68 Å². The van der Waals surface area contributed by atoms with E-state index < -0.39 is 0 Å². The molecule has 124 valence electrons. The van der Waals surface area contributed by atoms with Crippen molar-refractivity contribution in [1.29, 1.82) is 0 Å². The van der Waals surface area contributed by atoms with Gasteiger partial charge in [-0.3, -0.25) is 4.79 Å². The van der Waals surface area contributed by atoms with E-state index in [1.165, 1.54) is 5.56 Å². The van der Waals surface area contributed by atoms with Crippen LogP contribution in [0.4, 0.5) is 0 Å². The van der Waals surface area contributed by atoms with Gasteiger partial charge in [-0.15, -0.1) is 0 Å². The van der Waals surface area contributed by atoms with Crippen LogP contribution in [0.1, 0.15) is 46.9 Å². The molecular formula is C18H24ClN3O. The monoisotopic (exact) mass is 333 g/mol. The van der Waals surface area contributed by atoms with Crippen molar-refractivity contribution in [3.05, 3.63) is 51.8 Å². The first-order chi connectivity index (χ1) is 10.9. The van der Waals surface area contributed by atoms with Crippen LogP contribution in [0.15, 0.2) is 24.3 Å². The van der Waals surface area contributed by atoms with Crippen LogP contribution in [0.25, 0.3) is 0 Å². The van der Waals surface area contributed by atoms with Gasteiger partial charge in [0.15, 0.2) is 0 Å². The van der Waals surface area contributed by atoms with E-state index in [-0.39, 0.29) is 5.91 Å². The fourth-order valence-electron chi connectivity index (χ4n) is 2.46. The van der Waals surface area contributed by atoms with Gasteiger partial charge < -0.3 is 4.90 Å². The Bertz CT molecular complexity index is 676. The zero-order valence-electron chi connectivity index (χ0n) is 14.3. The molecule has 4 nitrogen and oxygen atoms in total. The SMILES string of the molecule is CCCCN(C)C(=O)c1c(C)nn(Cc2ccc(C)cc2)c1Cl. The van der Waals surface area contributed by atoms with Gasteiger partial charge in [0.1, 0.15) is 5.15 Å². The quantitative estimate of drug-likeness (QED) is 0.799. The molecule has 0 unspecified atom stereocenters. The number of aromatic nitrogens is 2. The molecule has 2 rings (SSSR count). The van der Waals surface area contributed by atoms with Crippen LogP contribution < -0.4 is 0 Å². The van der Waals surface area contributed by atoms with Crippen LogP contribution in [0.5, 0.6) is 0 Å². The average molecular weight is 334 g/mol. The fraction of sp³-hybridized carbons (Fsp3) is 0.444. The number of rotatable bonds is 6. The van der Waals surface area contributed by atoms with E-state index in [4.69, 9.17) is 11.6 Å². The number of carbonyl (C=O) groups excluding carboxylic acids is 1. The third-order valence-electron chi connectivity index (χ3n) is 3.93. The normalized spacial score (nSPS) is 10.8. The molecule has 0 N–H and O–H groups in total. The van der Waals surface area contributed by atoms with Gasteiger partial charge in [0.2, 0.25) is 0 Å². The molecule has 0 fully saturated rings. The minimum Gasteiger partial charge on any atom is -0.342 e. The molecule has 5 heteroatoms. The maximum Gasteiger partial charge on any atom is 0.258 e. The molecule has 0 atom stereocenters. The minimum absolute atomic E-state index is 0.0592. The molecule has 1 amide bonds. The number of unbranched alkanes of at least 4 members (excludes halogenated alkanes) is 1. The molecule has 1 aromatic carbocycles. The highest BCUT2D eigenvalue weighted by molar-refractivity contribution is 6.33. The first-order valence-electron chi connectivity index (χ1n) is 7.98. The molecule has 0 saturated heterocycles. The summed E-state index contributed by atoms with van der Waals surface area (Å²) in [5.41, 5.74) is 3.51. The Morgan fingerprint density at radius 2 is 1.91 bits per heavy atom. The predicted molar refractivity (Wildman–Crippen MR) is 94.1 cm³/mol. The van der Waals surface area contributed by atoms with Gasteiger partial charge >= 0.3 is 0 Å². The van der Waals surface area contributed by atoms with Crippen LogP contribution in [0, 0.1) is 13.8 Å². The van der Waals surface area contributed by atoms with Crippen LogP contribution in [-0.4, -0.2) is 34.2 Å². The molecule has 0 saturated carbocycles. The van der Waals surface area contributed by atoms with Crippen LogP contribution in [-0.2, 0) is 6.54 Å². The maximum atomic E-state index is 12.6. The fourth-order valence-corrected chi connectivity index (χ4v) is 2.77. The Hall–Kier alpha value is -1.81. The number of benzene rings is 1. The second-order valence-electron chi connectivity index (χ2n) is 5.97. The van der Waals surface area contributed by atoms with Gasteiger partial charge in [-0.05, 0) is 25.8 Å². The molecule has 0 aliphatic carbocycles. The first-order valence-corrected chi connectivity index (χ1v) is 8.35. The maximum absolute atomic E-state index is 12.6. The Labute approximate surface area is 143 Å². The lowest BCUT2D eigenvalue weighted by Gasteiger charge is -2.16. The van der Waals surface area contributed by atoms with E-state index in [0.29, 0.717) is 23.0 Å². The van der Waals surface area contributed by atoms with Crippen molar-refractivity contribution in [1.82, 2.24) is 14.7 Å². The van der Waals surface area contributed by atoms with Gasteiger partial charge in [-0.1, -0.05) is 54.8 Å². The molecule has 1 heterocycles. The highest BCUT2D eigenvalue weighted by Gasteiger charge is 2.22. The molecule has 0 bridgehead atoms. The van der Waals surface area contributed by atoms with Crippen molar-refractivity contribution in [3.8, 4) is 0 Å². The number of amides is 1. The van der Waals surface area contributed by atoms with E-state index in [1.807, 2.05) is 14.0 Å². The van der Waals surface area contributed by atoms with E-state index in [2.05, 4.69) is 43.2 Å². The highest BCUT2D eigenvalue weighted by Crippen LogP contribution is 2.22. The number of halogens is 1. The summed E-state index contributed by atoms with van der Waals surface area (Å²) >= 11 is 6.44. The molecule has 1 aromatic heterocycles. The molecule has 0 aliphatic rings. The van der Waals surface area contributed by atoms with E-state index in [1.54, 1.807) is 9.58 Å². The second kappa shape index (κ2) is 7.64.